The van der Waals surface area contributed by atoms with Crippen LogP contribution in [0, 0.1) is 6.92 Å². The first-order valence-electron chi connectivity index (χ1n) is 10.1. The van der Waals surface area contributed by atoms with E-state index >= 15 is 0 Å². The van der Waals surface area contributed by atoms with E-state index in [-0.39, 0.29) is 17.9 Å². The third kappa shape index (κ3) is 4.35. The standard InChI is InChI=1S/C23H28N4O3/c1-13(2)20-11-17(18-12-24-27(14(3)4)21(18)25-20)23(29)30-16(6)22(28)26-19-10-8-7-9-15(19)5/h7-14,16H,1-6H3,(H,26,28). The molecule has 0 aliphatic carbocycles. The number of nitrogens with zero attached hydrogens (tertiary/aromatic N) is 3. The molecule has 1 unspecified atom stereocenters. The number of esters is 1. The Kier molecular flexibility index (Phi) is 6.20. The van der Waals surface area contributed by atoms with Crippen molar-refractivity contribution < 1.29 is 14.3 Å². The number of hydrogen-bond acceptors (Lipinski definition) is 5. The zero-order valence-corrected chi connectivity index (χ0v) is 18.3. The normalized spacial score (nSPS) is 12.4. The summed E-state index contributed by atoms with van der Waals surface area (Å²) in [5, 5.41) is 7.81. The first kappa shape index (κ1) is 21.5. The van der Waals surface area contributed by atoms with Crippen LogP contribution < -0.4 is 5.32 Å². The van der Waals surface area contributed by atoms with Gasteiger partial charge in [0.2, 0.25) is 0 Å². The predicted molar refractivity (Wildman–Crippen MR) is 117 cm³/mol. The van der Waals surface area contributed by atoms with Crippen molar-refractivity contribution in [1.29, 1.82) is 0 Å². The zero-order valence-electron chi connectivity index (χ0n) is 18.3. The Morgan fingerprint density at radius 3 is 2.43 bits per heavy atom. The molecule has 7 heteroatoms. The first-order chi connectivity index (χ1) is 14.2. The number of pyridine rings is 1. The van der Waals surface area contributed by atoms with Crippen LogP contribution in [0.2, 0.25) is 0 Å². The topological polar surface area (TPSA) is 86.1 Å². The van der Waals surface area contributed by atoms with Gasteiger partial charge in [0.05, 0.1) is 17.1 Å². The summed E-state index contributed by atoms with van der Waals surface area (Å²) in [7, 11) is 0. The van der Waals surface area contributed by atoms with Gasteiger partial charge in [-0.15, -0.1) is 0 Å². The molecule has 2 heterocycles. The van der Waals surface area contributed by atoms with Gasteiger partial charge >= 0.3 is 5.97 Å². The summed E-state index contributed by atoms with van der Waals surface area (Å²) >= 11 is 0. The van der Waals surface area contributed by atoms with Crippen LogP contribution in [0.4, 0.5) is 5.69 Å². The van der Waals surface area contributed by atoms with Crippen LogP contribution in [0.25, 0.3) is 11.0 Å². The second kappa shape index (κ2) is 8.65. The van der Waals surface area contributed by atoms with E-state index in [1.54, 1.807) is 23.9 Å². The van der Waals surface area contributed by atoms with E-state index in [4.69, 9.17) is 9.72 Å². The molecule has 3 rings (SSSR count). The summed E-state index contributed by atoms with van der Waals surface area (Å²) in [6.07, 6.45) is 0.671. The molecule has 30 heavy (non-hydrogen) atoms. The lowest BCUT2D eigenvalue weighted by Gasteiger charge is -2.16. The van der Waals surface area contributed by atoms with Crippen LogP contribution in [0.3, 0.4) is 0 Å². The molecule has 1 amide bonds. The summed E-state index contributed by atoms with van der Waals surface area (Å²) in [5.74, 6) is -0.830. The van der Waals surface area contributed by atoms with Gasteiger partial charge in [0.25, 0.3) is 5.91 Å². The minimum atomic E-state index is -0.956. The summed E-state index contributed by atoms with van der Waals surface area (Å²) in [6, 6.07) is 9.27. The summed E-state index contributed by atoms with van der Waals surface area (Å²) < 4.78 is 7.29. The fourth-order valence-electron chi connectivity index (χ4n) is 3.11. The first-order valence-corrected chi connectivity index (χ1v) is 10.1. The van der Waals surface area contributed by atoms with Gasteiger partial charge in [-0.05, 0) is 51.3 Å². The van der Waals surface area contributed by atoms with Gasteiger partial charge in [0, 0.05) is 17.4 Å². The number of anilines is 1. The number of hydrogen-bond donors (Lipinski definition) is 1. The van der Waals surface area contributed by atoms with Crippen molar-refractivity contribution in [2.75, 3.05) is 5.32 Å². The number of aryl methyl sites for hydroxylation is 1. The van der Waals surface area contributed by atoms with Gasteiger partial charge < -0.3 is 10.1 Å². The van der Waals surface area contributed by atoms with Crippen LogP contribution in [-0.4, -0.2) is 32.7 Å². The molecule has 0 aliphatic rings. The smallest absolute Gasteiger partial charge is 0.339 e. The van der Waals surface area contributed by atoms with Crippen LogP contribution in [0.5, 0.6) is 0 Å². The van der Waals surface area contributed by atoms with Crippen molar-refractivity contribution in [1.82, 2.24) is 14.8 Å². The molecule has 2 aromatic heterocycles. The lowest BCUT2D eigenvalue weighted by molar-refractivity contribution is -0.123. The van der Waals surface area contributed by atoms with E-state index in [1.807, 2.05) is 58.9 Å². The minimum Gasteiger partial charge on any atom is -0.449 e. The third-order valence-electron chi connectivity index (χ3n) is 4.94. The summed E-state index contributed by atoms with van der Waals surface area (Å²) in [5.41, 5.74) is 3.40. The maximum Gasteiger partial charge on any atom is 0.339 e. The van der Waals surface area contributed by atoms with Crippen molar-refractivity contribution in [3.63, 3.8) is 0 Å². The van der Waals surface area contributed by atoms with Crippen molar-refractivity contribution in [2.45, 2.75) is 59.6 Å². The molecule has 0 spiro atoms. The molecule has 0 aliphatic heterocycles. The fourth-order valence-corrected chi connectivity index (χ4v) is 3.11. The van der Waals surface area contributed by atoms with Crippen LogP contribution in [-0.2, 0) is 9.53 Å². The van der Waals surface area contributed by atoms with E-state index in [2.05, 4.69) is 10.4 Å². The fraction of sp³-hybridized carbons (Fsp3) is 0.391. The number of carbonyl (C=O) groups excluding carboxylic acids is 2. The van der Waals surface area contributed by atoms with Crippen LogP contribution >= 0.6 is 0 Å². The number of para-hydroxylation sites is 1. The van der Waals surface area contributed by atoms with E-state index < -0.39 is 12.1 Å². The van der Waals surface area contributed by atoms with E-state index in [0.29, 0.717) is 22.3 Å². The summed E-state index contributed by atoms with van der Waals surface area (Å²) in [4.78, 5) is 30.2. The Morgan fingerprint density at radius 1 is 1.10 bits per heavy atom. The zero-order chi connectivity index (χ0) is 22.0. The Labute approximate surface area is 176 Å². The maximum absolute atomic E-state index is 13.0. The summed E-state index contributed by atoms with van der Waals surface area (Å²) in [6.45, 7) is 11.5. The molecular formula is C23H28N4O3. The number of fused-ring (bicyclic) bond motifs is 1. The number of aromatic nitrogens is 3. The highest BCUT2D eigenvalue weighted by atomic mass is 16.5. The van der Waals surface area contributed by atoms with Crippen molar-refractivity contribution in [3.8, 4) is 0 Å². The number of nitrogens with one attached hydrogen (secondary N) is 1. The van der Waals surface area contributed by atoms with E-state index in [9.17, 15) is 9.59 Å². The molecule has 0 fully saturated rings. The van der Waals surface area contributed by atoms with E-state index in [1.165, 1.54) is 0 Å². The van der Waals surface area contributed by atoms with Gasteiger partial charge in [-0.2, -0.15) is 5.10 Å². The molecule has 0 saturated heterocycles. The highest BCUT2D eigenvalue weighted by Crippen LogP contribution is 2.25. The Bertz CT molecular complexity index is 1090. The number of benzene rings is 1. The van der Waals surface area contributed by atoms with E-state index in [0.717, 1.165) is 11.3 Å². The lowest BCUT2D eigenvalue weighted by Crippen LogP contribution is -2.30. The monoisotopic (exact) mass is 408 g/mol. The second-order valence-corrected chi connectivity index (χ2v) is 8.02. The minimum absolute atomic E-state index is 0.0973. The highest BCUT2D eigenvalue weighted by Gasteiger charge is 2.24. The Balaban J connectivity index is 1.87. The quantitative estimate of drug-likeness (QED) is 0.601. The second-order valence-electron chi connectivity index (χ2n) is 8.02. The molecule has 7 nitrogen and oxygen atoms in total. The molecule has 1 atom stereocenters. The van der Waals surface area contributed by atoms with Gasteiger partial charge in [-0.3, -0.25) is 4.79 Å². The molecule has 0 radical (unpaired) electrons. The maximum atomic E-state index is 13.0. The molecule has 1 aromatic carbocycles. The van der Waals surface area contributed by atoms with Crippen molar-refractivity contribution >= 4 is 28.6 Å². The molecule has 3 aromatic rings. The van der Waals surface area contributed by atoms with Gasteiger partial charge in [0.15, 0.2) is 11.8 Å². The largest absolute Gasteiger partial charge is 0.449 e. The van der Waals surface area contributed by atoms with Crippen molar-refractivity contribution in [2.24, 2.45) is 0 Å². The average molecular weight is 409 g/mol. The van der Waals surface area contributed by atoms with Crippen LogP contribution in [0.1, 0.15) is 68.2 Å². The van der Waals surface area contributed by atoms with Crippen molar-refractivity contribution in [3.05, 3.63) is 53.3 Å². The predicted octanol–water partition coefficient (Wildman–Crippen LogP) is 4.63. The number of amides is 1. The SMILES string of the molecule is Cc1ccccc1NC(=O)C(C)OC(=O)c1cc(C(C)C)nc2c1cnn2C(C)C. The number of rotatable bonds is 6. The molecule has 0 saturated carbocycles. The third-order valence-corrected chi connectivity index (χ3v) is 4.94. The van der Waals surface area contributed by atoms with Crippen LogP contribution in [0.15, 0.2) is 36.5 Å². The molecular weight excluding hydrogens is 380 g/mol. The Morgan fingerprint density at radius 2 is 1.80 bits per heavy atom. The molecule has 0 bridgehead atoms. The average Bonchev–Trinajstić information content (AvgIpc) is 3.13. The van der Waals surface area contributed by atoms with Gasteiger partial charge in [-0.25, -0.2) is 14.5 Å². The van der Waals surface area contributed by atoms with Gasteiger partial charge in [-0.1, -0.05) is 32.0 Å². The Hall–Kier alpha value is -3.22. The molecule has 1 N–H and O–H groups in total. The highest BCUT2D eigenvalue weighted by molar-refractivity contribution is 6.04. The lowest BCUT2D eigenvalue weighted by atomic mass is 10.1. The molecule has 158 valence electrons. The number of carbonyl (C=O) groups is 2. The number of ether oxygens (including phenoxy) is 1. The van der Waals surface area contributed by atoms with Gasteiger partial charge in [0.1, 0.15) is 0 Å².